The first-order valence-electron chi connectivity index (χ1n) is 10.3. The fourth-order valence-electron chi connectivity index (χ4n) is 3.43. The highest BCUT2D eigenvalue weighted by atomic mass is 16.2. The molecule has 6 heteroatoms. The van der Waals surface area contributed by atoms with Crippen molar-refractivity contribution in [2.75, 3.05) is 46.8 Å². The van der Waals surface area contributed by atoms with Gasteiger partial charge in [-0.2, -0.15) is 0 Å². The van der Waals surface area contributed by atoms with E-state index >= 15 is 0 Å². The summed E-state index contributed by atoms with van der Waals surface area (Å²) in [5, 5.41) is 6.10. The number of guanidine groups is 1. The average Bonchev–Trinajstić information content (AvgIpc) is 2.69. The van der Waals surface area contributed by atoms with Crippen molar-refractivity contribution in [1.29, 1.82) is 0 Å². The van der Waals surface area contributed by atoms with Crippen LogP contribution in [0.15, 0.2) is 29.3 Å². The Morgan fingerprint density at radius 3 is 2.25 bits per heavy atom. The van der Waals surface area contributed by atoms with Crippen LogP contribution in [0.2, 0.25) is 0 Å². The van der Waals surface area contributed by atoms with E-state index in [0.717, 1.165) is 38.7 Å². The van der Waals surface area contributed by atoms with Gasteiger partial charge >= 0.3 is 0 Å². The molecule has 1 aliphatic heterocycles. The van der Waals surface area contributed by atoms with Gasteiger partial charge in [-0.25, -0.2) is 0 Å². The first kappa shape index (κ1) is 22.2. The summed E-state index contributed by atoms with van der Waals surface area (Å²) in [6, 6.07) is 9.00. The molecule has 0 saturated carbocycles. The molecular weight excluding hydrogens is 350 g/mol. The summed E-state index contributed by atoms with van der Waals surface area (Å²) >= 11 is 0. The van der Waals surface area contributed by atoms with Crippen LogP contribution in [0.4, 0.5) is 0 Å². The van der Waals surface area contributed by atoms with Crippen LogP contribution < -0.4 is 10.6 Å². The van der Waals surface area contributed by atoms with Gasteiger partial charge in [-0.05, 0) is 30.9 Å². The molecule has 1 aliphatic rings. The average molecular weight is 388 g/mol. The highest BCUT2D eigenvalue weighted by Crippen LogP contribution is 2.17. The van der Waals surface area contributed by atoms with Crippen molar-refractivity contribution in [1.82, 2.24) is 20.4 Å². The molecule has 1 amide bonds. The summed E-state index contributed by atoms with van der Waals surface area (Å²) < 4.78 is 0. The molecule has 1 heterocycles. The van der Waals surface area contributed by atoms with Crippen molar-refractivity contribution < 1.29 is 4.79 Å². The normalized spacial score (nSPS) is 16.4. The molecule has 0 spiro atoms. The predicted octanol–water partition coefficient (Wildman–Crippen LogP) is 2.28. The molecule has 0 aliphatic carbocycles. The Bertz CT molecular complexity index is 658. The minimum absolute atomic E-state index is 0.0313. The van der Waals surface area contributed by atoms with Gasteiger partial charge in [0.2, 0.25) is 5.91 Å². The fourth-order valence-corrected chi connectivity index (χ4v) is 3.43. The number of nitrogens with one attached hydrogen (secondary N) is 2. The van der Waals surface area contributed by atoms with Crippen LogP contribution in [-0.4, -0.2) is 68.5 Å². The second-order valence-corrected chi connectivity index (χ2v) is 8.52. The summed E-state index contributed by atoms with van der Waals surface area (Å²) in [6.45, 7) is 13.8. The summed E-state index contributed by atoms with van der Waals surface area (Å²) in [7, 11) is 3.48. The van der Waals surface area contributed by atoms with Gasteiger partial charge in [-0.15, -0.1) is 0 Å². The van der Waals surface area contributed by atoms with Crippen LogP contribution in [0.5, 0.6) is 0 Å². The summed E-state index contributed by atoms with van der Waals surface area (Å²) in [5.74, 6) is 1.48. The molecule has 1 aromatic carbocycles. The molecule has 156 valence electrons. The van der Waals surface area contributed by atoms with Crippen LogP contribution in [0.25, 0.3) is 0 Å². The number of benzene rings is 1. The number of rotatable bonds is 6. The lowest BCUT2D eigenvalue weighted by Gasteiger charge is -2.37. The van der Waals surface area contributed by atoms with E-state index in [-0.39, 0.29) is 5.91 Å². The minimum atomic E-state index is -0.478. The zero-order valence-corrected chi connectivity index (χ0v) is 18.4. The SMILES string of the molecule is CN=C(NCC(C)(C)C(=O)NC)N1CCN(Cc2ccc(C(C)C)cc2)CC1. The van der Waals surface area contributed by atoms with Gasteiger partial charge in [0.25, 0.3) is 0 Å². The van der Waals surface area contributed by atoms with Gasteiger partial charge in [-0.1, -0.05) is 38.1 Å². The smallest absolute Gasteiger partial charge is 0.227 e. The second kappa shape index (κ2) is 9.92. The Labute approximate surface area is 170 Å². The number of nitrogens with zero attached hydrogens (tertiary/aromatic N) is 3. The number of carbonyl (C=O) groups is 1. The number of amides is 1. The Morgan fingerprint density at radius 1 is 1.14 bits per heavy atom. The van der Waals surface area contributed by atoms with Gasteiger partial charge < -0.3 is 15.5 Å². The molecule has 2 rings (SSSR count). The van der Waals surface area contributed by atoms with E-state index in [1.54, 1.807) is 14.1 Å². The lowest BCUT2D eigenvalue weighted by atomic mass is 9.92. The van der Waals surface area contributed by atoms with Gasteiger partial charge in [0.1, 0.15) is 0 Å². The number of carbonyl (C=O) groups excluding carboxylic acids is 1. The van der Waals surface area contributed by atoms with Crippen LogP contribution in [0.1, 0.15) is 44.7 Å². The van der Waals surface area contributed by atoms with Crippen LogP contribution in [-0.2, 0) is 11.3 Å². The first-order valence-corrected chi connectivity index (χ1v) is 10.3. The maximum Gasteiger partial charge on any atom is 0.227 e. The van der Waals surface area contributed by atoms with E-state index in [2.05, 4.69) is 63.5 Å². The maximum absolute atomic E-state index is 12.0. The highest BCUT2D eigenvalue weighted by molar-refractivity contribution is 5.84. The summed E-state index contributed by atoms with van der Waals surface area (Å²) in [6.07, 6.45) is 0. The summed E-state index contributed by atoms with van der Waals surface area (Å²) in [5.41, 5.74) is 2.28. The molecule has 1 saturated heterocycles. The van der Waals surface area contributed by atoms with Crippen molar-refractivity contribution in [3.8, 4) is 0 Å². The molecule has 1 aromatic rings. The Morgan fingerprint density at radius 2 is 1.75 bits per heavy atom. The lowest BCUT2D eigenvalue weighted by Crippen LogP contribution is -2.54. The molecule has 0 unspecified atom stereocenters. The zero-order chi connectivity index (χ0) is 20.7. The van der Waals surface area contributed by atoms with Crippen molar-refractivity contribution in [2.24, 2.45) is 10.4 Å². The molecule has 0 radical (unpaired) electrons. The molecule has 2 N–H and O–H groups in total. The van der Waals surface area contributed by atoms with E-state index in [9.17, 15) is 4.79 Å². The van der Waals surface area contributed by atoms with Crippen LogP contribution in [0.3, 0.4) is 0 Å². The quantitative estimate of drug-likeness (QED) is 0.581. The first-order chi connectivity index (χ1) is 13.3. The van der Waals surface area contributed by atoms with Crippen molar-refractivity contribution in [3.63, 3.8) is 0 Å². The van der Waals surface area contributed by atoms with Gasteiger partial charge in [0.05, 0.1) is 5.41 Å². The number of piperazine rings is 1. The van der Waals surface area contributed by atoms with Crippen LogP contribution in [0, 0.1) is 5.41 Å². The van der Waals surface area contributed by atoms with Crippen molar-refractivity contribution in [3.05, 3.63) is 35.4 Å². The molecule has 28 heavy (non-hydrogen) atoms. The Balaban J connectivity index is 1.83. The van der Waals surface area contributed by atoms with Crippen molar-refractivity contribution >= 4 is 11.9 Å². The molecule has 0 aromatic heterocycles. The fraction of sp³-hybridized carbons (Fsp3) is 0.636. The monoisotopic (exact) mass is 387 g/mol. The third kappa shape index (κ3) is 5.96. The van der Waals surface area contributed by atoms with E-state index in [1.165, 1.54) is 11.1 Å². The third-order valence-electron chi connectivity index (χ3n) is 5.47. The largest absolute Gasteiger partial charge is 0.359 e. The van der Waals surface area contributed by atoms with Crippen LogP contribution >= 0.6 is 0 Å². The molecule has 0 atom stereocenters. The molecule has 0 bridgehead atoms. The topological polar surface area (TPSA) is 60.0 Å². The lowest BCUT2D eigenvalue weighted by molar-refractivity contribution is -0.128. The number of hydrogen-bond donors (Lipinski definition) is 2. The van der Waals surface area contributed by atoms with E-state index < -0.39 is 5.41 Å². The highest BCUT2D eigenvalue weighted by Gasteiger charge is 2.28. The predicted molar refractivity (Wildman–Crippen MR) is 117 cm³/mol. The second-order valence-electron chi connectivity index (χ2n) is 8.52. The molecular formula is C22H37N5O. The van der Waals surface area contributed by atoms with Gasteiger partial charge in [0.15, 0.2) is 5.96 Å². The molecule has 6 nitrogen and oxygen atoms in total. The summed E-state index contributed by atoms with van der Waals surface area (Å²) in [4.78, 5) is 21.2. The Hall–Kier alpha value is -2.08. The van der Waals surface area contributed by atoms with Gasteiger partial charge in [-0.3, -0.25) is 14.7 Å². The minimum Gasteiger partial charge on any atom is -0.359 e. The van der Waals surface area contributed by atoms with E-state index in [1.807, 2.05) is 13.8 Å². The zero-order valence-electron chi connectivity index (χ0n) is 18.4. The van der Waals surface area contributed by atoms with E-state index in [4.69, 9.17) is 0 Å². The van der Waals surface area contributed by atoms with Crippen molar-refractivity contribution in [2.45, 2.75) is 40.2 Å². The Kier molecular flexibility index (Phi) is 7.87. The van der Waals surface area contributed by atoms with E-state index in [0.29, 0.717) is 12.5 Å². The number of hydrogen-bond acceptors (Lipinski definition) is 3. The molecule has 1 fully saturated rings. The third-order valence-corrected chi connectivity index (χ3v) is 5.47. The maximum atomic E-state index is 12.0. The van der Waals surface area contributed by atoms with Gasteiger partial charge in [0, 0.05) is 53.4 Å². The number of aliphatic imine (C=N–C) groups is 1. The standard InChI is InChI=1S/C22H37N5O/c1-17(2)19-9-7-18(8-10-19)15-26-11-13-27(14-12-26)21(24-6)25-16-22(3,4)20(28)23-5/h7-10,17H,11-16H2,1-6H3,(H,23,28)(H,24,25).